The first-order valence-corrected chi connectivity index (χ1v) is 7.03. The summed E-state index contributed by atoms with van der Waals surface area (Å²) in [6.07, 6.45) is 2.32. The lowest BCUT2D eigenvalue weighted by Gasteiger charge is -2.22. The number of hydrogen-bond acceptors (Lipinski definition) is 4. The first-order valence-electron chi connectivity index (χ1n) is 7.03. The standard InChI is InChI=1S/C15H27N3O/c1-8-9-10(2)19-13-11(3)12(16-7)17-14(18-13)15(4,5)6/h10H,8-9H2,1-7H3,(H,16,17,18). The molecule has 0 saturated heterocycles. The Morgan fingerprint density at radius 1 is 1.26 bits per heavy atom. The van der Waals surface area contributed by atoms with Crippen LogP contribution in [0.4, 0.5) is 5.82 Å². The zero-order valence-electron chi connectivity index (χ0n) is 13.3. The summed E-state index contributed by atoms with van der Waals surface area (Å²) in [4.78, 5) is 9.17. The molecule has 0 saturated carbocycles. The van der Waals surface area contributed by atoms with Gasteiger partial charge in [-0.1, -0.05) is 34.1 Å². The van der Waals surface area contributed by atoms with E-state index in [1.165, 1.54) is 0 Å². The topological polar surface area (TPSA) is 47.0 Å². The Morgan fingerprint density at radius 2 is 1.89 bits per heavy atom. The lowest BCUT2D eigenvalue weighted by atomic mass is 9.95. The van der Waals surface area contributed by atoms with Crippen molar-refractivity contribution >= 4 is 5.82 Å². The Labute approximate surface area is 117 Å². The fraction of sp³-hybridized carbons (Fsp3) is 0.733. The summed E-state index contributed by atoms with van der Waals surface area (Å²) in [7, 11) is 1.88. The van der Waals surface area contributed by atoms with E-state index in [2.05, 4.69) is 49.9 Å². The summed E-state index contributed by atoms with van der Waals surface area (Å²) in [6, 6.07) is 0. The maximum atomic E-state index is 5.97. The van der Waals surface area contributed by atoms with E-state index in [0.717, 1.165) is 30.0 Å². The number of aromatic nitrogens is 2. The van der Waals surface area contributed by atoms with E-state index in [1.807, 2.05) is 14.0 Å². The molecule has 4 heteroatoms. The highest BCUT2D eigenvalue weighted by molar-refractivity contribution is 5.48. The van der Waals surface area contributed by atoms with E-state index >= 15 is 0 Å². The first-order chi connectivity index (χ1) is 8.79. The van der Waals surface area contributed by atoms with Crippen LogP contribution in [0.5, 0.6) is 5.88 Å². The third-order valence-electron chi connectivity index (χ3n) is 3.02. The summed E-state index contributed by atoms with van der Waals surface area (Å²) in [6.45, 7) is 12.6. The zero-order chi connectivity index (χ0) is 14.6. The van der Waals surface area contributed by atoms with Crippen molar-refractivity contribution in [2.75, 3.05) is 12.4 Å². The molecule has 1 heterocycles. The fourth-order valence-corrected chi connectivity index (χ4v) is 1.85. The van der Waals surface area contributed by atoms with Crippen molar-refractivity contribution in [2.24, 2.45) is 0 Å². The summed E-state index contributed by atoms with van der Waals surface area (Å²) >= 11 is 0. The molecule has 0 aliphatic rings. The summed E-state index contributed by atoms with van der Waals surface area (Å²) in [5.41, 5.74) is 0.879. The van der Waals surface area contributed by atoms with Gasteiger partial charge in [0, 0.05) is 12.5 Å². The van der Waals surface area contributed by atoms with Gasteiger partial charge in [0.1, 0.15) is 11.6 Å². The molecule has 1 rings (SSSR count). The Kier molecular flexibility index (Phi) is 5.15. The van der Waals surface area contributed by atoms with Gasteiger partial charge in [-0.15, -0.1) is 0 Å². The molecular formula is C15H27N3O. The lowest BCUT2D eigenvalue weighted by Crippen LogP contribution is -2.20. The van der Waals surface area contributed by atoms with Crippen molar-refractivity contribution in [2.45, 2.75) is 65.9 Å². The Hall–Kier alpha value is -1.32. The predicted molar refractivity (Wildman–Crippen MR) is 80.0 cm³/mol. The zero-order valence-corrected chi connectivity index (χ0v) is 13.3. The summed E-state index contributed by atoms with van der Waals surface area (Å²) < 4.78 is 5.97. The van der Waals surface area contributed by atoms with Gasteiger partial charge in [-0.3, -0.25) is 0 Å². The van der Waals surface area contributed by atoms with Gasteiger partial charge in [0.05, 0.1) is 11.7 Å². The Balaban J connectivity index is 3.15. The molecule has 0 radical (unpaired) electrons. The van der Waals surface area contributed by atoms with Crippen LogP contribution in [0, 0.1) is 6.92 Å². The number of rotatable bonds is 5. The van der Waals surface area contributed by atoms with Crippen LogP contribution in [0.1, 0.15) is 58.8 Å². The van der Waals surface area contributed by atoms with E-state index in [0.29, 0.717) is 5.88 Å². The van der Waals surface area contributed by atoms with Gasteiger partial charge < -0.3 is 10.1 Å². The van der Waals surface area contributed by atoms with Crippen LogP contribution in [0.15, 0.2) is 0 Å². The van der Waals surface area contributed by atoms with E-state index in [1.54, 1.807) is 0 Å². The van der Waals surface area contributed by atoms with Crippen LogP contribution in [-0.2, 0) is 5.41 Å². The molecule has 1 N–H and O–H groups in total. The number of hydrogen-bond donors (Lipinski definition) is 1. The van der Waals surface area contributed by atoms with Gasteiger partial charge in [-0.25, -0.2) is 4.98 Å². The van der Waals surface area contributed by atoms with Crippen molar-refractivity contribution in [3.8, 4) is 5.88 Å². The van der Waals surface area contributed by atoms with Crippen molar-refractivity contribution in [3.63, 3.8) is 0 Å². The summed E-state index contributed by atoms with van der Waals surface area (Å²) in [5, 5.41) is 3.12. The van der Waals surface area contributed by atoms with Crippen LogP contribution >= 0.6 is 0 Å². The minimum atomic E-state index is -0.0919. The quantitative estimate of drug-likeness (QED) is 0.882. The van der Waals surface area contributed by atoms with Crippen LogP contribution in [0.3, 0.4) is 0 Å². The number of nitrogens with zero attached hydrogens (tertiary/aromatic N) is 2. The monoisotopic (exact) mass is 265 g/mol. The van der Waals surface area contributed by atoms with E-state index in [4.69, 9.17) is 4.74 Å². The predicted octanol–water partition coefficient (Wildman–Crippen LogP) is 3.69. The normalized spacial score (nSPS) is 13.2. The third-order valence-corrected chi connectivity index (χ3v) is 3.02. The second-order valence-corrected chi connectivity index (χ2v) is 6.04. The first kappa shape index (κ1) is 15.7. The molecule has 1 atom stereocenters. The minimum absolute atomic E-state index is 0.0919. The second kappa shape index (κ2) is 6.22. The third kappa shape index (κ3) is 4.08. The number of anilines is 1. The van der Waals surface area contributed by atoms with Gasteiger partial charge in [0.2, 0.25) is 5.88 Å². The highest BCUT2D eigenvalue weighted by Gasteiger charge is 2.22. The molecule has 0 spiro atoms. The average molecular weight is 265 g/mol. The van der Waals surface area contributed by atoms with Crippen LogP contribution in [-0.4, -0.2) is 23.1 Å². The molecule has 19 heavy (non-hydrogen) atoms. The van der Waals surface area contributed by atoms with Crippen molar-refractivity contribution in [1.82, 2.24) is 9.97 Å². The largest absolute Gasteiger partial charge is 0.474 e. The van der Waals surface area contributed by atoms with Crippen molar-refractivity contribution < 1.29 is 4.74 Å². The van der Waals surface area contributed by atoms with Gasteiger partial charge in [0.15, 0.2) is 0 Å². The molecule has 0 amide bonds. The molecule has 1 unspecified atom stereocenters. The van der Waals surface area contributed by atoms with E-state index in [-0.39, 0.29) is 11.5 Å². The van der Waals surface area contributed by atoms with Crippen molar-refractivity contribution in [3.05, 3.63) is 11.4 Å². The smallest absolute Gasteiger partial charge is 0.222 e. The second-order valence-electron chi connectivity index (χ2n) is 6.04. The Morgan fingerprint density at radius 3 is 2.37 bits per heavy atom. The molecular weight excluding hydrogens is 238 g/mol. The maximum Gasteiger partial charge on any atom is 0.222 e. The maximum absolute atomic E-state index is 5.97. The highest BCUT2D eigenvalue weighted by atomic mass is 16.5. The Bertz CT molecular complexity index is 424. The molecule has 0 aliphatic carbocycles. The average Bonchev–Trinajstić information content (AvgIpc) is 2.30. The summed E-state index contributed by atoms with van der Waals surface area (Å²) in [5.74, 6) is 2.35. The highest BCUT2D eigenvalue weighted by Crippen LogP contribution is 2.28. The number of ether oxygens (including phenoxy) is 1. The molecule has 1 aromatic rings. The number of nitrogens with one attached hydrogen (secondary N) is 1. The van der Waals surface area contributed by atoms with Gasteiger partial charge in [0.25, 0.3) is 0 Å². The molecule has 108 valence electrons. The molecule has 0 aromatic carbocycles. The molecule has 0 bridgehead atoms. The van der Waals surface area contributed by atoms with Gasteiger partial charge in [-0.2, -0.15) is 4.98 Å². The molecule has 0 fully saturated rings. The van der Waals surface area contributed by atoms with E-state index in [9.17, 15) is 0 Å². The van der Waals surface area contributed by atoms with Crippen LogP contribution < -0.4 is 10.1 Å². The van der Waals surface area contributed by atoms with Gasteiger partial charge in [-0.05, 0) is 20.3 Å². The van der Waals surface area contributed by atoms with Crippen molar-refractivity contribution in [1.29, 1.82) is 0 Å². The van der Waals surface area contributed by atoms with Crippen LogP contribution in [0.2, 0.25) is 0 Å². The molecule has 1 aromatic heterocycles. The van der Waals surface area contributed by atoms with Gasteiger partial charge >= 0.3 is 0 Å². The minimum Gasteiger partial charge on any atom is -0.474 e. The van der Waals surface area contributed by atoms with Crippen LogP contribution in [0.25, 0.3) is 0 Å². The molecule has 4 nitrogen and oxygen atoms in total. The van der Waals surface area contributed by atoms with E-state index < -0.39 is 0 Å². The SMILES string of the molecule is CCCC(C)Oc1nc(C(C)(C)C)nc(NC)c1C. The fourth-order valence-electron chi connectivity index (χ4n) is 1.85. The lowest BCUT2D eigenvalue weighted by molar-refractivity contribution is 0.198. The molecule has 0 aliphatic heterocycles.